The van der Waals surface area contributed by atoms with E-state index in [0.29, 0.717) is 0 Å². The van der Waals surface area contributed by atoms with Gasteiger partial charge < -0.3 is 5.73 Å². The van der Waals surface area contributed by atoms with Gasteiger partial charge in [0.05, 0.1) is 0 Å². The highest BCUT2D eigenvalue weighted by atomic mass is 14.6. The molecule has 0 aliphatic carbocycles. The summed E-state index contributed by atoms with van der Waals surface area (Å²) in [7, 11) is 0. The molecule has 0 aromatic rings. The van der Waals surface area contributed by atoms with Crippen molar-refractivity contribution in [3.05, 3.63) is 12.2 Å². The lowest BCUT2D eigenvalue weighted by atomic mass is 10.1. The predicted molar refractivity (Wildman–Crippen MR) is 44.4 cm³/mol. The molecule has 0 spiro atoms. The molecule has 0 aromatic carbocycles. The van der Waals surface area contributed by atoms with Gasteiger partial charge in [-0.15, -0.1) is 0 Å². The Labute approximate surface area is 58.9 Å². The number of nitrogens with two attached hydrogens (primary N) is 1. The summed E-state index contributed by atoms with van der Waals surface area (Å²) in [5, 5.41) is 0. The van der Waals surface area contributed by atoms with E-state index in [1.807, 2.05) is 20.8 Å². The predicted octanol–water partition coefficient (Wildman–Crippen LogP) is 2.33. The highest BCUT2D eigenvalue weighted by Crippen LogP contribution is 1.98. The summed E-state index contributed by atoms with van der Waals surface area (Å²) in [4.78, 5) is 0. The summed E-state index contributed by atoms with van der Waals surface area (Å²) < 4.78 is 0. The van der Waals surface area contributed by atoms with Crippen molar-refractivity contribution in [1.82, 2.24) is 0 Å². The molecule has 56 valence electrons. The van der Waals surface area contributed by atoms with E-state index in [-0.39, 0.29) is 6.04 Å². The standard InChI is InChI=1S/C6H13N.C2H6/c1-4-5(2)6(3)7;1-2/h6H,2,4,7H2,1,3H3;1-2H3. The molecule has 1 unspecified atom stereocenters. The Hall–Kier alpha value is -0.300. The minimum atomic E-state index is 0.171. The lowest BCUT2D eigenvalue weighted by Crippen LogP contribution is -2.16. The summed E-state index contributed by atoms with van der Waals surface area (Å²) in [6, 6.07) is 0.171. The fourth-order valence-electron chi connectivity index (χ4n) is 0.322. The van der Waals surface area contributed by atoms with Crippen LogP contribution in [0.5, 0.6) is 0 Å². The van der Waals surface area contributed by atoms with E-state index in [1.54, 1.807) is 0 Å². The van der Waals surface area contributed by atoms with E-state index in [1.165, 1.54) is 0 Å². The molecule has 0 heterocycles. The van der Waals surface area contributed by atoms with Gasteiger partial charge in [0.2, 0.25) is 0 Å². The molecule has 0 rings (SSSR count). The molecule has 9 heavy (non-hydrogen) atoms. The van der Waals surface area contributed by atoms with Crippen molar-refractivity contribution in [2.24, 2.45) is 5.73 Å². The average Bonchev–Trinajstić information content (AvgIpc) is 1.91. The molecule has 0 saturated heterocycles. The zero-order valence-electron chi connectivity index (χ0n) is 7.07. The van der Waals surface area contributed by atoms with Gasteiger partial charge in [-0.05, 0) is 13.3 Å². The van der Waals surface area contributed by atoms with Gasteiger partial charge in [0, 0.05) is 6.04 Å². The third kappa shape index (κ3) is 7.70. The summed E-state index contributed by atoms with van der Waals surface area (Å²) in [5.41, 5.74) is 6.57. The van der Waals surface area contributed by atoms with Crippen molar-refractivity contribution in [3.8, 4) is 0 Å². The zero-order valence-corrected chi connectivity index (χ0v) is 7.07. The molecule has 1 atom stereocenters. The molecule has 0 fully saturated rings. The van der Waals surface area contributed by atoms with Crippen LogP contribution in [0.25, 0.3) is 0 Å². The first-order chi connectivity index (χ1) is 4.18. The molecule has 0 amide bonds. The van der Waals surface area contributed by atoms with Crippen LogP contribution < -0.4 is 5.73 Å². The van der Waals surface area contributed by atoms with E-state index >= 15 is 0 Å². The number of rotatable bonds is 2. The average molecular weight is 129 g/mol. The van der Waals surface area contributed by atoms with Crippen LogP contribution in [0.15, 0.2) is 12.2 Å². The Morgan fingerprint density at radius 1 is 1.56 bits per heavy atom. The number of hydrogen-bond donors (Lipinski definition) is 1. The minimum absolute atomic E-state index is 0.171. The molecular weight excluding hydrogens is 110 g/mol. The third-order valence-corrected chi connectivity index (χ3v) is 1.10. The van der Waals surface area contributed by atoms with Gasteiger partial charge in [0.1, 0.15) is 0 Å². The highest BCUT2D eigenvalue weighted by molar-refractivity contribution is 5.00. The second kappa shape index (κ2) is 7.70. The highest BCUT2D eigenvalue weighted by Gasteiger charge is 1.93. The maximum Gasteiger partial charge on any atom is 0.0221 e. The normalized spacial score (nSPS) is 11.2. The van der Waals surface area contributed by atoms with Crippen LogP contribution in [0.2, 0.25) is 0 Å². The smallest absolute Gasteiger partial charge is 0.0221 e. The number of hydrogen-bond acceptors (Lipinski definition) is 1. The van der Waals surface area contributed by atoms with Crippen molar-refractivity contribution in [1.29, 1.82) is 0 Å². The van der Waals surface area contributed by atoms with Gasteiger partial charge in [-0.3, -0.25) is 0 Å². The second-order valence-corrected chi connectivity index (χ2v) is 1.80. The van der Waals surface area contributed by atoms with E-state index in [0.717, 1.165) is 12.0 Å². The van der Waals surface area contributed by atoms with Gasteiger partial charge in [0.25, 0.3) is 0 Å². The minimum Gasteiger partial charge on any atom is -0.324 e. The Balaban J connectivity index is 0. The SMILES string of the molecule is C=C(CC)C(C)N.CC. The van der Waals surface area contributed by atoms with Gasteiger partial charge in [-0.1, -0.05) is 32.9 Å². The lowest BCUT2D eigenvalue weighted by molar-refractivity contribution is 0.819. The van der Waals surface area contributed by atoms with Gasteiger partial charge in [-0.25, -0.2) is 0 Å². The third-order valence-electron chi connectivity index (χ3n) is 1.10. The van der Waals surface area contributed by atoms with Crippen LogP contribution in [0.3, 0.4) is 0 Å². The van der Waals surface area contributed by atoms with Gasteiger partial charge in [0.15, 0.2) is 0 Å². The largest absolute Gasteiger partial charge is 0.324 e. The fraction of sp³-hybridized carbons (Fsp3) is 0.750. The van der Waals surface area contributed by atoms with Crippen LogP contribution >= 0.6 is 0 Å². The summed E-state index contributed by atoms with van der Waals surface area (Å²) >= 11 is 0. The summed E-state index contributed by atoms with van der Waals surface area (Å²) in [6.07, 6.45) is 0.998. The summed E-state index contributed by atoms with van der Waals surface area (Å²) in [5.74, 6) is 0. The Bertz CT molecular complexity index is 65.0. The molecule has 0 radical (unpaired) electrons. The Morgan fingerprint density at radius 2 is 1.89 bits per heavy atom. The second-order valence-electron chi connectivity index (χ2n) is 1.80. The molecule has 0 aliphatic rings. The van der Waals surface area contributed by atoms with Gasteiger partial charge >= 0.3 is 0 Å². The Morgan fingerprint density at radius 3 is 1.89 bits per heavy atom. The Kier molecular flexibility index (Phi) is 9.83. The summed E-state index contributed by atoms with van der Waals surface area (Å²) in [6.45, 7) is 11.8. The topological polar surface area (TPSA) is 26.0 Å². The van der Waals surface area contributed by atoms with Crippen LogP contribution in [-0.4, -0.2) is 6.04 Å². The van der Waals surface area contributed by atoms with Crippen LogP contribution in [0, 0.1) is 0 Å². The quantitative estimate of drug-likeness (QED) is 0.569. The first-order valence-corrected chi connectivity index (χ1v) is 3.61. The van der Waals surface area contributed by atoms with Crippen LogP contribution in [0.4, 0.5) is 0 Å². The van der Waals surface area contributed by atoms with Crippen molar-refractivity contribution < 1.29 is 0 Å². The van der Waals surface area contributed by atoms with Crippen molar-refractivity contribution in [3.63, 3.8) is 0 Å². The molecular formula is C8H19N. The first kappa shape index (κ1) is 11.5. The van der Waals surface area contributed by atoms with Crippen molar-refractivity contribution in [2.75, 3.05) is 0 Å². The monoisotopic (exact) mass is 129 g/mol. The first-order valence-electron chi connectivity index (χ1n) is 3.61. The fourth-order valence-corrected chi connectivity index (χ4v) is 0.322. The van der Waals surface area contributed by atoms with Crippen LogP contribution in [0.1, 0.15) is 34.1 Å². The van der Waals surface area contributed by atoms with E-state index in [9.17, 15) is 0 Å². The van der Waals surface area contributed by atoms with Gasteiger partial charge in [-0.2, -0.15) is 0 Å². The van der Waals surface area contributed by atoms with E-state index in [2.05, 4.69) is 13.5 Å². The zero-order chi connectivity index (χ0) is 7.86. The molecule has 0 aliphatic heterocycles. The molecule has 0 aromatic heterocycles. The van der Waals surface area contributed by atoms with E-state index in [4.69, 9.17) is 5.73 Å². The molecule has 2 N–H and O–H groups in total. The maximum absolute atomic E-state index is 5.45. The molecule has 0 bridgehead atoms. The lowest BCUT2D eigenvalue weighted by Gasteiger charge is -2.03. The van der Waals surface area contributed by atoms with Crippen molar-refractivity contribution >= 4 is 0 Å². The maximum atomic E-state index is 5.45. The molecule has 0 saturated carbocycles. The van der Waals surface area contributed by atoms with Crippen LogP contribution in [-0.2, 0) is 0 Å². The van der Waals surface area contributed by atoms with E-state index < -0.39 is 0 Å². The molecule has 1 nitrogen and oxygen atoms in total. The molecule has 1 heteroatoms. The van der Waals surface area contributed by atoms with Crippen molar-refractivity contribution in [2.45, 2.75) is 40.2 Å².